The van der Waals surface area contributed by atoms with Gasteiger partial charge in [0, 0.05) is 40.9 Å². The van der Waals surface area contributed by atoms with Crippen LogP contribution in [0.2, 0.25) is 0 Å². The quantitative estimate of drug-likeness (QED) is 0.763. The van der Waals surface area contributed by atoms with Gasteiger partial charge in [0.15, 0.2) is 0 Å². The lowest BCUT2D eigenvalue weighted by Crippen LogP contribution is -2.08. The number of benzene rings is 1. The van der Waals surface area contributed by atoms with Crippen molar-refractivity contribution < 1.29 is 4.74 Å². The molecule has 0 saturated heterocycles. The highest BCUT2D eigenvalue weighted by molar-refractivity contribution is 5.71. The fourth-order valence-electron chi connectivity index (χ4n) is 4.14. The summed E-state index contributed by atoms with van der Waals surface area (Å²) in [7, 11) is 0. The molecule has 2 aliphatic rings. The van der Waals surface area contributed by atoms with Crippen LogP contribution in [0.15, 0.2) is 30.7 Å². The number of aryl methyl sites for hydroxylation is 2. The second kappa shape index (κ2) is 4.47. The third kappa shape index (κ3) is 1.79. The molecule has 116 valence electrons. The van der Waals surface area contributed by atoms with E-state index in [1.165, 1.54) is 22.4 Å². The first-order valence-corrected chi connectivity index (χ1v) is 8.01. The van der Waals surface area contributed by atoms with E-state index in [-0.39, 0.29) is 0 Å². The number of fused-ring (bicyclic) bond motifs is 3. The molecule has 0 radical (unpaired) electrons. The van der Waals surface area contributed by atoms with Crippen LogP contribution >= 0.6 is 0 Å². The summed E-state index contributed by atoms with van der Waals surface area (Å²) in [4.78, 5) is 7.43. The highest BCUT2D eigenvalue weighted by Gasteiger charge is 2.56. The van der Waals surface area contributed by atoms with Crippen LogP contribution < -0.4 is 4.74 Å². The maximum Gasteiger partial charge on any atom is 0.122 e. The van der Waals surface area contributed by atoms with Gasteiger partial charge in [-0.1, -0.05) is 6.07 Å². The Morgan fingerprint density at radius 3 is 2.87 bits per heavy atom. The molecule has 1 saturated carbocycles. The van der Waals surface area contributed by atoms with Crippen molar-refractivity contribution in [3.63, 3.8) is 0 Å². The third-order valence-electron chi connectivity index (χ3n) is 5.26. The van der Waals surface area contributed by atoms with Crippen LogP contribution in [0.1, 0.15) is 34.5 Å². The molecule has 1 fully saturated rings. The van der Waals surface area contributed by atoms with Crippen LogP contribution in [0.4, 0.5) is 0 Å². The molecule has 1 aliphatic carbocycles. The molecular weight excluding hydrogens is 288 g/mol. The predicted octanol–water partition coefficient (Wildman–Crippen LogP) is 3.31. The van der Waals surface area contributed by atoms with Crippen molar-refractivity contribution in [3.05, 3.63) is 53.4 Å². The largest absolute Gasteiger partial charge is 0.493 e. The first-order chi connectivity index (χ1) is 11.2. The Morgan fingerprint density at radius 1 is 1.22 bits per heavy atom. The van der Waals surface area contributed by atoms with E-state index in [9.17, 15) is 0 Å². The average Bonchev–Trinajstić information content (AvgIpc) is 2.88. The number of nitrogens with one attached hydrogen (secondary N) is 2. The molecule has 2 aromatic heterocycles. The average molecular weight is 306 g/mol. The van der Waals surface area contributed by atoms with Gasteiger partial charge in [-0.25, -0.2) is 4.98 Å². The fourth-order valence-corrected chi connectivity index (χ4v) is 4.14. The van der Waals surface area contributed by atoms with Crippen molar-refractivity contribution in [1.82, 2.24) is 20.2 Å². The van der Waals surface area contributed by atoms with E-state index >= 15 is 0 Å². The van der Waals surface area contributed by atoms with Crippen LogP contribution in [0.5, 0.6) is 5.75 Å². The van der Waals surface area contributed by atoms with Gasteiger partial charge < -0.3 is 9.72 Å². The second-order valence-electron chi connectivity index (χ2n) is 6.59. The highest BCUT2D eigenvalue weighted by Crippen LogP contribution is 2.64. The van der Waals surface area contributed by atoms with Crippen LogP contribution in [0.3, 0.4) is 0 Å². The van der Waals surface area contributed by atoms with Gasteiger partial charge >= 0.3 is 0 Å². The summed E-state index contributed by atoms with van der Waals surface area (Å²) in [5.74, 6) is 2.62. The molecule has 3 heterocycles. The van der Waals surface area contributed by atoms with Gasteiger partial charge in [-0.05, 0) is 37.1 Å². The molecule has 1 aliphatic heterocycles. The summed E-state index contributed by atoms with van der Waals surface area (Å²) in [5.41, 5.74) is 7.10. The molecule has 3 atom stereocenters. The highest BCUT2D eigenvalue weighted by atomic mass is 16.5. The zero-order valence-electron chi connectivity index (χ0n) is 13.1. The number of hydrogen-bond acceptors (Lipinski definition) is 3. The van der Waals surface area contributed by atoms with Gasteiger partial charge in [0.2, 0.25) is 0 Å². The summed E-state index contributed by atoms with van der Waals surface area (Å²) in [6.45, 7) is 4.91. The van der Waals surface area contributed by atoms with Crippen molar-refractivity contribution in [3.8, 4) is 16.9 Å². The molecule has 0 bridgehead atoms. The fraction of sp³-hybridized carbons (Fsp3) is 0.333. The van der Waals surface area contributed by atoms with Crippen molar-refractivity contribution >= 4 is 0 Å². The van der Waals surface area contributed by atoms with Crippen molar-refractivity contribution in [2.24, 2.45) is 5.92 Å². The predicted molar refractivity (Wildman–Crippen MR) is 86.6 cm³/mol. The monoisotopic (exact) mass is 306 g/mol. The van der Waals surface area contributed by atoms with Gasteiger partial charge in [0.25, 0.3) is 0 Å². The van der Waals surface area contributed by atoms with E-state index in [1.807, 2.05) is 13.1 Å². The van der Waals surface area contributed by atoms with E-state index in [4.69, 9.17) is 4.74 Å². The summed E-state index contributed by atoms with van der Waals surface area (Å²) in [5, 5.41) is 7.39. The first-order valence-electron chi connectivity index (χ1n) is 8.01. The minimum Gasteiger partial charge on any atom is -0.493 e. The van der Waals surface area contributed by atoms with Crippen molar-refractivity contribution in [2.75, 3.05) is 6.61 Å². The third-order valence-corrected chi connectivity index (χ3v) is 5.26. The zero-order chi connectivity index (χ0) is 15.6. The van der Waals surface area contributed by atoms with Gasteiger partial charge in [0.1, 0.15) is 5.75 Å². The number of aromatic amines is 2. The van der Waals surface area contributed by atoms with E-state index in [0.29, 0.717) is 17.8 Å². The topological polar surface area (TPSA) is 66.6 Å². The molecule has 2 N–H and O–H groups in total. The van der Waals surface area contributed by atoms with Crippen molar-refractivity contribution in [2.45, 2.75) is 25.7 Å². The van der Waals surface area contributed by atoms with E-state index in [2.05, 4.69) is 45.3 Å². The molecule has 23 heavy (non-hydrogen) atoms. The lowest BCUT2D eigenvalue weighted by atomic mass is 9.97. The second-order valence-corrected chi connectivity index (χ2v) is 6.59. The molecule has 5 heteroatoms. The SMILES string of the molecule is Cc1n[nH]c(C)c1-c1ccc2c(c1)C1C(CO2)C1c1cnc[nH]1. The zero-order valence-corrected chi connectivity index (χ0v) is 13.1. The molecule has 0 spiro atoms. The number of aromatic nitrogens is 4. The molecular formula is C18H18N4O. The molecule has 3 aromatic rings. The summed E-state index contributed by atoms with van der Waals surface area (Å²) in [6, 6.07) is 6.53. The summed E-state index contributed by atoms with van der Waals surface area (Å²) in [6.07, 6.45) is 3.70. The molecule has 5 rings (SSSR count). The van der Waals surface area contributed by atoms with E-state index in [0.717, 1.165) is 23.7 Å². The van der Waals surface area contributed by atoms with Gasteiger partial charge in [-0.3, -0.25) is 5.10 Å². The maximum atomic E-state index is 5.98. The Morgan fingerprint density at radius 2 is 2.13 bits per heavy atom. The first kappa shape index (κ1) is 12.9. The summed E-state index contributed by atoms with van der Waals surface area (Å²) >= 11 is 0. The number of hydrogen-bond donors (Lipinski definition) is 2. The lowest BCUT2D eigenvalue weighted by Gasteiger charge is -2.17. The van der Waals surface area contributed by atoms with Gasteiger partial charge in [0.05, 0.1) is 18.6 Å². The maximum absolute atomic E-state index is 5.98. The van der Waals surface area contributed by atoms with Crippen molar-refractivity contribution in [1.29, 1.82) is 0 Å². The van der Waals surface area contributed by atoms with Crippen LogP contribution in [0.25, 0.3) is 11.1 Å². The number of ether oxygens (including phenoxy) is 1. The van der Waals surface area contributed by atoms with E-state index < -0.39 is 0 Å². The standard InChI is InChI=1S/C18H18N4O/c1-9-16(10(2)22-21-9)11-3-4-15-12(5-11)17-13(7-23-15)18(17)14-6-19-8-20-14/h3-6,8,13,17-18H,7H2,1-2H3,(H,19,20)(H,21,22). The number of rotatable bonds is 2. The van der Waals surface area contributed by atoms with Gasteiger partial charge in [-0.15, -0.1) is 0 Å². The normalized spacial score (nSPS) is 24.7. The van der Waals surface area contributed by atoms with Crippen LogP contribution in [-0.4, -0.2) is 26.8 Å². The Balaban J connectivity index is 1.58. The van der Waals surface area contributed by atoms with E-state index in [1.54, 1.807) is 6.33 Å². The number of imidazole rings is 1. The Kier molecular flexibility index (Phi) is 2.52. The minimum absolute atomic E-state index is 0.501. The lowest BCUT2D eigenvalue weighted by molar-refractivity contribution is 0.277. The Bertz CT molecular complexity index is 861. The smallest absolute Gasteiger partial charge is 0.122 e. The number of H-pyrrole nitrogens is 2. The summed E-state index contributed by atoms with van der Waals surface area (Å²) < 4.78 is 5.98. The minimum atomic E-state index is 0.501. The van der Waals surface area contributed by atoms with Gasteiger partial charge in [-0.2, -0.15) is 5.10 Å². The Hall–Kier alpha value is -2.56. The number of nitrogens with zero attached hydrogens (tertiary/aromatic N) is 2. The molecule has 3 unspecified atom stereocenters. The molecule has 5 nitrogen and oxygen atoms in total. The van der Waals surface area contributed by atoms with Crippen LogP contribution in [-0.2, 0) is 0 Å². The Labute approximate surface area is 134 Å². The molecule has 1 aromatic carbocycles. The van der Waals surface area contributed by atoms with Crippen LogP contribution in [0, 0.1) is 19.8 Å². The molecule has 0 amide bonds.